The number of sulfonamides is 1. The first-order valence-corrected chi connectivity index (χ1v) is 10.5. The van der Waals surface area contributed by atoms with E-state index in [0.717, 1.165) is 5.56 Å². The van der Waals surface area contributed by atoms with Crippen LogP contribution in [-0.2, 0) is 14.8 Å². The van der Waals surface area contributed by atoms with Gasteiger partial charge in [-0.2, -0.15) is 0 Å². The van der Waals surface area contributed by atoms with Crippen molar-refractivity contribution in [3.8, 4) is 0 Å². The second-order valence-corrected chi connectivity index (χ2v) is 8.17. The van der Waals surface area contributed by atoms with Crippen LogP contribution in [0, 0.1) is 6.92 Å². The first kappa shape index (κ1) is 21.1. The maximum Gasteiger partial charge on any atom is 0.339 e. The monoisotopic (exact) mass is 424 g/mol. The molecule has 3 rings (SSSR count). The van der Waals surface area contributed by atoms with Crippen LogP contribution in [0.2, 0.25) is 0 Å². The standard InChI is InChI=1S/C22H20N2O5S/c1-15-10-12-18(13-11-15)30(27,28)24-17-7-5-6-16(14-17)21(25)23-20-9-4-3-8-19(20)22(26)29-2/h3-14,24H,1-2H3,(H,23,25). The van der Waals surface area contributed by atoms with Crippen LogP contribution in [0.15, 0.2) is 77.7 Å². The number of amides is 1. The maximum absolute atomic E-state index is 12.7. The summed E-state index contributed by atoms with van der Waals surface area (Å²) in [7, 11) is -2.54. The minimum atomic E-state index is -3.80. The van der Waals surface area contributed by atoms with Gasteiger partial charge in [0, 0.05) is 11.3 Å². The topological polar surface area (TPSA) is 102 Å². The number of carbonyl (C=O) groups excluding carboxylic acids is 2. The molecule has 0 heterocycles. The molecule has 2 N–H and O–H groups in total. The smallest absolute Gasteiger partial charge is 0.339 e. The van der Waals surface area contributed by atoms with Crippen molar-refractivity contribution >= 4 is 33.3 Å². The number of aryl methyl sites for hydroxylation is 1. The van der Waals surface area contributed by atoms with Gasteiger partial charge >= 0.3 is 5.97 Å². The number of hydrogen-bond acceptors (Lipinski definition) is 5. The Hall–Kier alpha value is -3.65. The maximum atomic E-state index is 12.7. The number of hydrogen-bond donors (Lipinski definition) is 2. The zero-order valence-electron chi connectivity index (χ0n) is 16.4. The highest BCUT2D eigenvalue weighted by Gasteiger charge is 2.17. The average Bonchev–Trinajstić information content (AvgIpc) is 2.73. The lowest BCUT2D eigenvalue weighted by Crippen LogP contribution is -2.16. The summed E-state index contributed by atoms with van der Waals surface area (Å²) in [6.45, 7) is 1.87. The SMILES string of the molecule is COC(=O)c1ccccc1NC(=O)c1cccc(NS(=O)(=O)c2ccc(C)cc2)c1. The Morgan fingerprint density at radius 3 is 2.30 bits per heavy atom. The first-order chi connectivity index (χ1) is 14.3. The molecule has 30 heavy (non-hydrogen) atoms. The molecule has 0 atom stereocenters. The molecule has 7 nitrogen and oxygen atoms in total. The van der Waals surface area contributed by atoms with Crippen molar-refractivity contribution in [2.45, 2.75) is 11.8 Å². The van der Waals surface area contributed by atoms with Crippen molar-refractivity contribution in [3.63, 3.8) is 0 Å². The van der Waals surface area contributed by atoms with Crippen LogP contribution in [0.25, 0.3) is 0 Å². The van der Waals surface area contributed by atoms with Gasteiger partial charge in [-0.3, -0.25) is 9.52 Å². The summed E-state index contributed by atoms with van der Waals surface area (Å²) < 4.78 is 32.3. The van der Waals surface area contributed by atoms with Gasteiger partial charge in [0.2, 0.25) is 0 Å². The van der Waals surface area contributed by atoms with Gasteiger partial charge in [0.25, 0.3) is 15.9 Å². The summed E-state index contributed by atoms with van der Waals surface area (Å²) in [5, 5.41) is 2.65. The lowest BCUT2D eigenvalue weighted by molar-refractivity contribution is 0.0602. The van der Waals surface area contributed by atoms with Crippen LogP contribution in [0.4, 0.5) is 11.4 Å². The molecule has 0 saturated heterocycles. The van der Waals surface area contributed by atoms with E-state index in [1.165, 1.54) is 31.4 Å². The van der Waals surface area contributed by atoms with E-state index >= 15 is 0 Å². The molecule has 0 bridgehead atoms. The molecular weight excluding hydrogens is 404 g/mol. The Labute approximate surface area is 174 Å². The Bertz CT molecular complexity index is 1190. The first-order valence-electron chi connectivity index (χ1n) is 8.98. The molecule has 0 radical (unpaired) electrons. The van der Waals surface area contributed by atoms with Crippen LogP contribution < -0.4 is 10.0 Å². The van der Waals surface area contributed by atoms with Gasteiger partial charge in [-0.25, -0.2) is 13.2 Å². The second-order valence-electron chi connectivity index (χ2n) is 6.49. The van der Waals surface area contributed by atoms with Gasteiger partial charge in [-0.1, -0.05) is 35.9 Å². The predicted octanol–water partition coefficient (Wildman–Crippen LogP) is 3.83. The summed E-state index contributed by atoms with van der Waals surface area (Å²) in [6, 6.07) is 18.9. The summed E-state index contributed by atoms with van der Waals surface area (Å²) >= 11 is 0. The zero-order chi connectivity index (χ0) is 21.7. The summed E-state index contributed by atoms with van der Waals surface area (Å²) in [5.41, 5.74) is 1.91. The summed E-state index contributed by atoms with van der Waals surface area (Å²) in [5.74, 6) is -1.08. The Morgan fingerprint density at radius 2 is 1.60 bits per heavy atom. The van der Waals surface area contributed by atoms with Gasteiger partial charge in [-0.15, -0.1) is 0 Å². The number of nitrogens with one attached hydrogen (secondary N) is 2. The van der Waals surface area contributed by atoms with E-state index in [1.807, 2.05) is 6.92 Å². The lowest BCUT2D eigenvalue weighted by atomic mass is 10.1. The van der Waals surface area contributed by atoms with Crippen LogP contribution in [0.3, 0.4) is 0 Å². The Morgan fingerprint density at radius 1 is 0.900 bits per heavy atom. The third-order valence-corrected chi connectivity index (χ3v) is 5.69. The van der Waals surface area contributed by atoms with Gasteiger partial charge in [0.05, 0.1) is 23.3 Å². The molecule has 0 aliphatic rings. The molecule has 0 aromatic heterocycles. The van der Waals surface area contributed by atoms with Gasteiger partial charge in [0.15, 0.2) is 0 Å². The van der Waals surface area contributed by atoms with E-state index in [4.69, 9.17) is 4.74 Å². The number of anilines is 2. The number of rotatable bonds is 6. The van der Waals surface area contributed by atoms with Crippen LogP contribution in [0.5, 0.6) is 0 Å². The third-order valence-electron chi connectivity index (χ3n) is 4.29. The molecule has 8 heteroatoms. The number of ether oxygens (including phenoxy) is 1. The van der Waals surface area contributed by atoms with Crippen molar-refractivity contribution < 1.29 is 22.7 Å². The molecule has 3 aromatic rings. The van der Waals surface area contributed by atoms with Gasteiger partial charge < -0.3 is 10.1 Å². The highest BCUT2D eigenvalue weighted by molar-refractivity contribution is 7.92. The molecule has 0 aliphatic heterocycles. The molecule has 0 unspecified atom stereocenters. The van der Waals surface area contributed by atoms with E-state index in [-0.39, 0.29) is 21.7 Å². The fraction of sp³-hybridized carbons (Fsp3) is 0.0909. The zero-order valence-corrected chi connectivity index (χ0v) is 17.2. The molecule has 0 aliphatic carbocycles. The van der Waals surface area contributed by atoms with Crippen molar-refractivity contribution in [3.05, 3.63) is 89.5 Å². The van der Waals surface area contributed by atoms with E-state index in [9.17, 15) is 18.0 Å². The Kier molecular flexibility index (Phi) is 6.17. The largest absolute Gasteiger partial charge is 0.465 e. The molecule has 154 valence electrons. The number of para-hydroxylation sites is 1. The summed E-state index contributed by atoms with van der Waals surface area (Å²) in [6.07, 6.45) is 0. The van der Waals surface area contributed by atoms with Gasteiger partial charge in [-0.05, 0) is 49.4 Å². The van der Waals surface area contributed by atoms with Crippen LogP contribution in [0.1, 0.15) is 26.3 Å². The highest BCUT2D eigenvalue weighted by atomic mass is 32.2. The quantitative estimate of drug-likeness (QED) is 0.586. The fourth-order valence-corrected chi connectivity index (χ4v) is 3.78. The fourth-order valence-electron chi connectivity index (χ4n) is 2.73. The Balaban J connectivity index is 1.81. The molecule has 1 amide bonds. The van der Waals surface area contributed by atoms with Crippen molar-refractivity contribution in [1.29, 1.82) is 0 Å². The molecular formula is C22H20N2O5S. The summed E-state index contributed by atoms with van der Waals surface area (Å²) in [4.78, 5) is 24.7. The molecule has 3 aromatic carbocycles. The lowest BCUT2D eigenvalue weighted by Gasteiger charge is -2.12. The number of esters is 1. The minimum Gasteiger partial charge on any atom is -0.465 e. The average molecular weight is 424 g/mol. The third kappa shape index (κ3) is 4.84. The number of methoxy groups -OCH3 is 1. The van der Waals surface area contributed by atoms with Crippen molar-refractivity contribution in [1.82, 2.24) is 0 Å². The molecule has 0 spiro atoms. The van der Waals surface area contributed by atoms with E-state index in [0.29, 0.717) is 5.69 Å². The number of benzene rings is 3. The number of carbonyl (C=O) groups is 2. The predicted molar refractivity (Wildman–Crippen MR) is 114 cm³/mol. The van der Waals surface area contributed by atoms with Gasteiger partial charge in [0.1, 0.15) is 0 Å². The van der Waals surface area contributed by atoms with E-state index in [2.05, 4.69) is 10.0 Å². The van der Waals surface area contributed by atoms with Crippen molar-refractivity contribution in [2.75, 3.05) is 17.1 Å². The molecule has 0 saturated carbocycles. The molecule has 0 fully saturated rings. The van der Waals surface area contributed by atoms with E-state index < -0.39 is 21.9 Å². The second kappa shape index (κ2) is 8.79. The van der Waals surface area contributed by atoms with E-state index in [1.54, 1.807) is 48.5 Å². The highest BCUT2D eigenvalue weighted by Crippen LogP contribution is 2.20. The van der Waals surface area contributed by atoms with Crippen LogP contribution >= 0.6 is 0 Å². The minimum absolute atomic E-state index is 0.120. The van der Waals surface area contributed by atoms with Crippen molar-refractivity contribution in [2.24, 2.45) is 0 Å². The van der Waals surface area contributed by atoms with Crippen LogP contribution in [-0.4, -0.2) is 27.4 Å². The normalized spacial score (nSPS) is 10.9.